The zero-order valence-electron chi connectivity index (χ0n) is 10.9. The molecule has 0 fully saturated rings. The molecule has 2 N–H and O–H groups in total. The molecule has 1 atom stereocenters. The Bertz CT molecular complexity index is 531. The Labute approximate surface area is 117 Å². The van der Waals surface area contributed by atoms with Gasteiger partial charge in [-0.3, -0.25) is 0 Å². The largest absolute Gasteiger partial charge is 0.481 e. The fourth-order valence-corrected chi connectivity index (χ4v) is 1.33. The summed E-state index contributed by atoms with van der Waals surface area (Å²) in [6, 6.07) is 1.35. The maximum atomic E-state index is 5.93. The van der Waals surface area contributed by atoms with Crippen molar-refractivity contribution in [2.45, 2.75) is 19.9 Å². The highest BCUT2D eigenvalue weighted by atomic mass is 35.5. The summed E-state index contributed by atoms with van der Waals surface area (Å²) < 4.78 is 10.1. The zero-order valence-corrected chi connectivity index (χ0v) is 11.7. The summed E-state index contributed by atoms with van der Waals surface area (Å²) in [6.45, 7) is 3.98. The molecule has 2 heterocycles. The Morgan fingerprint density at radius 3 is 2.68 bits per heavy atom. The van der Waals surface area contributed by atoms with Gasteiger partial charge in [0, 0.05) is 6.07 Å². The molecule has 0 unspecified atom stereocenters. The SMILES string of the molecule is COc1cc(-c2noc([C@@H](N)C(C)C)n2)ncn1.Cl. The van der Waals surface area contributed by atoms with E-state index in [1.165, 1.54) is 13.4 Å². The molecule has 7 nitrogen and oxygen atoms in total. The molecule has 0 saturated carbocycles. The van der Waals surface area contributed by atoms with E-state index < -0.39 is 0 Å². The molecule has 0 bridgehead atoms. The van der Waals surface area contributed by atoms with Crippen LogP contribution >= 0.6 is 12.4 Å². The average Bonchev–Trinajstić information content (AvgIpc) is 2.87. The number of methoxy groups -OCH3 is 1. The summed E-state index contributed by atoms with van der Waals surface area (Å²) in [7, 11) is 1.53. The number of rotatable bonds is 4. The molecule has 8 heteroatoms. The van der Waals surface area contributed by atoms with Crippen molar-refractivity contribution in [2.24, 2.45) is 11.7 Å². The molecule has 0 spiro atoms. The molecule has 0 radical (unpaired) electrons. The van der Waals surface area contributed by atoms with E-state index in [-0.39, 0.29) is 24.4 Å². The van der Waals surface area contributed by atoms with Gasteiger partial charge in [0.2, 0.25) is 17.6 Å². The lowest BCUT2D eigenvalue weighted by Crippen LogP contribution is -2.16. The summed E-state index contributed by atoms with van der Waals surface area (Å²) in [6.07, 6.45) is 1.38. The Morgan fingerprint density at radius 1 is 1.32 bits per heavy atom. The predicted octanol–water partition coefficient (Wildman–Crippen LogP) is 1.61. The van der Waals surface area contributed by atoms with Crippen LogP contribution in [-0.4, -0.2) is 27.2 Å². The summed E-state index contributed by atoms with van der Waals surface area (Å²) in [5.74, 6) is 1.44. The Hall–Kier alpha value is -1.73. The number of hydrogen-bond donors (Lipinski definition) is 1. The lowest BCUT2D eigenvalue weighted by molar-refractivity contribution is 0.325. The second kappa shape index (κ2) is 6.44. The van der Waals surface area contributed by atoms with E-state index in [1.54, 1.807) is 6.07 Å². The molecule has 2 aromatic heterocycles. The lowest BCUT2D eigenvalue weighted by atomic mass is 10.1. The van der Waals surface area contributed by atoms with Crippen LogP contribution in [0.1, 0.15) is 25.8 Å². The van der Waals surface area contributed by atoms with E-state index in [4.69, 9.17) is 15.0 Å². The van der Waals surface area contributed by atoms with Gasteiger partial charge in [-0.1, -0.05) is 19.0 Å². The first-order valence-corrected chi connectivity index (χ1v) is 5.57. The quantitative estimate of drug-likeness (QED) is 0.911. The number of ether oxygens (including phenoxy) is 1. The van der Waals surface area contributed by atoms with Crippen molar-refractivity contribution < 1.29 is 9.26 Å². The van der Waals surface area contributed by atoms with Gasteiger partial charge in [0.25, 0.3) is 0 Å². The third-order valence-electron chi connectivity index (χ3n) is 2.53. The summed E-state index contributed by atoms with van der Waals surface area (Å²) in [4.78, 5) is 12.2. The third-order valence-corrected chi connectivity index (χ3v) is 2.53. The van der Waals surface area contributed by atoms with Gasteiger partial charge in [0.1, 0.15) is 12.0 Å². The highest BCUT2D eigenvalue weighted by Crippen LogP contribution is 2.21. The van der Waals surface area contributed by atoms with E-state index in [2.05, 4.69) is 20.1 Å². The molecule has 0 amide bonds. The zero-order chi connectivity index (χ0) is 13.1. The first-order chi connectivity index (χ1) is 8.61. The van der Waals surface area contributed by atoms with E-state index in [0.29, 0.717) is 23.3 Å². The van der Waals surface area contributed by atoms with Gasteiger partial charge in [0.15, 0.2) is 0 Å². The standard InChI is InChI=1S/C11H15N5O2.ClH/c1-6(2)9(12)11-15-10(16-18-11)7-4-8(17-3)14-5-13-7;/h4-6,9H,12H2,1-3H3;1H/t9-;/m0./s1. The number of aromatic nitrogens is 4. The monoisotopic (exact) mass is 285 g/mol. The van der Waals surface area contributed by atoms with Gasteiger partial charge in [0.05, 0.1) is 13.2 Å². The second-order valence-corrected chi connectivity index (χ2v) is 4.17. The minimum absolute atomic E-state index is 0. The van der Waals surface area contributed by atoms with Crippen molar-refractivity contribution in [3.05, 3.63) is 18.3 Å². The molecular formula is C11H16ClN5O2. The Morgan fingerprint density at radius 2 is 2.05 bits per heavy atom. The number of nitrogens with zero attached hydrogens (tertiary/aromatic N) is 4. The fraction of sp³-hybridized carbons (Fsp3) is 0.455. The molecule has 0 aliphatic carbocycles. The van der Waals surface area contributed by atoms with Gasteiger partial charge in [-0.25, -0.2) is 9.97 Å². The predicted molar refractivity (Wildman–Crippen MR) is 70.9 cm³/mol. The summed E-state index contributed by atoms with van der Waals surface area (Å²) in [5, 5.41) is 3.85. The summed E-state index contributed by atoms with van der Waals surface area (Å²) >= 11 is 0. The molecule has 0 aliphatic rings. The first-order valence-electron chi connectivity index (χ1n) is 5.57. The fourth-order valence-electron chi connectivity index (χ4n) is 1.33. The van der Waals surface area contributed by atoms with E-state index in [9.17, 15) is 0 Å². The van der Waals surface area contributed by atoms with Crippen molar-refractivity contribution >= 4 is 12.4 Å². The van der Waals surface area contributed by atoms with Crippen molar-refractivity contribution in [2.75, 3.05) is 7.11 Å². The Kier molecular flexibility index (Phi) is 5.20. The van der Waals surface area contributed by atoms with E-state index in [0.717, 1.165) is 0 Å². The van der Waals surface area contributed by atoms with Gasteiger partial charge in [-0.05, 0) is 5.92 Å². The molecule has 2 rings (SSSR count). The average molecular weight is 286 g/mol. The molecule has 0 aromatic carbocycles. The van der Waals surface area contributed by atoms with Gasteiger partial charge in [-0.2, -0.15) is 4.98 Å². The molecular weight excluding hydrogens is 270 g/mol. The van der Waals surface area contributed by atoms with Crippen molar-refractivity contribution in [3.8, 4) is 17.4 Å². The van der Waals surface area contributed by atoms with E-state index >= 15 is 0 Å². The molecule has 0 saturated heterocycles. The van der Waals surface area contributed by atoms with Crippen molar-refractivity contribution in [1.29, 1.82) is 0 Å². The van der Waals surface area contributed by atoms with Crippen LogP contribution < -0.4 is 10.5 Å². The lowest BCUT2D eigenvalue weighted by Gasteiger charge is -2.09. The van der Waals surface area contributed by atoms with Crippen LogP contribution in [0.15, 0.2) is 16.9 Å². The van der Waals surface area contributed by atoms with Gasteiger partial charge >= 0.3 is 0 Å². The maximum Gasteiger partial charge on any atom is 0.244 e. The molecule has 19 heavy (non-hydrogen) atoms. The van der Waals surface area contributed by atoms with Gasteiger partial charge in [-0.15, -0.1) is 12.4 Å². The minimum Gasteiger partial charge on any atom is -0.481 e. The summed E-state index contributed by atoms with van der Waals surface area (Å²) in [5.41, 5.74) is 6.47. The van der Waals surface area contributed by atoms with Gasteiger partial charge < -0.3 is 15.0 Å². The highest BCUT2D eigenvalue weighted by molar-refractivity contribution is 5.85. The van der Waals surface area contributed by atoms with Crippen LogP contribution in [0, 0.1) is 5.92 Å². The maximum absolute atomic E-state index is 5.93. The number of hydrogen-bond acceptors (Lipinski definition) is 7. The Balaban J connectivity index is 0.00000180. The van der Waals surface area contributed by atoms with Crippen LogP contribution in [0.25, 0.3) is 11.5 Å². The smallest absolute Gasteiger partial charge is 0.244 e. The minimum atomic E-state index is -0.282. The van der Waals surface area contributed by atoms with Crippen LogP contribution in [-0.2, 0) is 0 Å². The van der Waals surface area contributed by atoms with Crippen molar-refractivity contribution in [1.82, 2.24) is 20.1 Å². The first kappa shape index (κ1) is 15.3. The normalized spacial score (nSPS) is 12.1. The van der Waals surface area contributed by atoms with Crippen molar-refractivity contribution in [3.63, 3.8) is 0 Å². The van der Waals surface area contributed by atoms with Crippen LogP contribution in [0.5, 0.6) is 5.88 Å². The van der Waals surface area contributed by atoms with E-state index in [1.807, 2.05) is 13.8 Å². The van der Waals surface area contributed by atoms with Crippen LogP contribution in [0.4, 0.5) is 0 Å². The van der Waals surface area contributed by atoms with Crippen LogP contribution in [0.2, 0.25) is 0 Å². The number of halogens is 1. The topological polar surface area (TPSA) is 100.0 Å². The highest BCUT2D eigenvalue weighted by Gasteiger charge is 2.19. The second-order valence-electron chi connectivity index (χ2n) is 4.17. The molecule has 2 aromatic rings. The molecule has 104 valence electrons. The third kappa shape index (κ3) is 3.39. The van der Waals surface area contributed by atoms with Crippen LogP contribution in [0.3, 0.4) is 0 Å². The molecule has 0 aliphatic heterocycles. The number of nitrogens with two attached hydrogens (primary N) is 1.